The zero-order valence-electron chi connectivity index (χ0n) is 21.7. The van der Waals surface area contributed by atoms with Gasteiger partial charge in [0.25, 0.3) is 5.91 Å². The molecule has 4 aromatic rings. The largest absolute Gasteiger partial charge is 0.487 e. The first-order chi connectivity index (χ1) is 19.6. The van der Waals surface area contributed by atoms with Crippen LogP contribution in [0.3, 0.4) is 0 Å². The van der Waals surface area contributed by atoms with Crippen LogP contribution in [0, 0.1) is 19.7 Å². The molecule has 0 aromatic heterocycles. The van der Waals surface area contributed by atoms with Gasteiger partial charge in [0.2, 0.25) is 0 Å². The molecule has 1 saturated heterocycles. The van der Waals surface area contributed by atoms with Crippen molar-refractivity contribution in [2.24, 2.45) is 4.99 Å². The Balaban J connectivity index is 1.56. The summed E-state index contributed by atoms with van der Waals surface area (Å²) in [6, 6.07) is 20.0. The van der Waals surface area contributed by atoms with E-state index in [1.807, 2.05) is 38.1 Å². The zero-order chi connectivity index (χ0) is 29.3. The van der Waals surface area contributed by atoms with Gasteiger partial charge in [-0.1, -0.05) is 70.7 Å². The highest BCUT2D eigenvalue weighted by molar-refractivity contribution is 8.19. The van der Waals surface area contributed by atoms with Crippen LogP contribution in [0.15, 0.2) is 82.7 Å². The van der Waals surface area contributed by atoms with Crippen LogP contribution in [0.25, 0.3) is 6.08 Å². The van der Waals surface area contributed by atoms with Crippen LogP contribution >= 0.6 is 58.2 Å². The lowest BCUT2D eigenvalue weighted by atomic mass is 10.1. The highest BCUT2D eigenvalue weighted by atomic mass is 35.5. The van der Waals surface area contributed by atoms with Crippen molar-refractivity contribution in [3.05, 3.63) is 126 Å². The molecule has 4 aromatic carbocycles. The van der Waals surface area contributed by atoms with Crippen LogP contribution in [0.5, 0.6) is 5.75 Å². The Hall–Kier alpha value is -3.00. The molecule has 1 fully saturated rings. The van der Waals surface area contributed by atoms with E-state index in [1.165, 1.54) is 28.8 Å². The molecule has 0 atom stereocenters. The van der Waals surface area contributed by atoms with Gasteiger partial charge in [-0.25, -0.2) is 9.38 Å². The van der Waals surface area contributed by atoms with Gasteiger partial charge in [-0.05, 0) is 96.9 Å². The molecule has 0 spiro atoms. The number of carbonyl (C=O) groups is 1. The van der Waals surface area contributed by atoms with Gasteiger partial charge in [0, 0.05) is 20.6 Å². The number of carbonyl (C=O) groups excluding carboxylic acids is 1. The molecule has 208 valence electrons. The third kappa shape index (κ3) is 6.74. The topological polar surface area (TPSA) is 41.9 Å². The third-order valence-electron chi connectivity index (χ3n) is 6.22. The molecule has 41 heavy (non-hydrogen) atoms. The van der Waals surface area contributed by atoms with Gasteiger partial charge in [0.1, 0.15) is 18.2 Å². The second-order valence-corrected chi connectivity index (χ2v) is 11.9. The minimum absolute atomic E-state index is 0.133. The van der Waals surface area contributed by atoms with E-state index in [0.29, 0.717) is 47.8 Å². The molecule has 1 aliphatic heterocycles. The quantitative estimate of drug-likeness (QED) is 0.196. The molecule has 0 radical (unpaired) electrons. The Morgan fingerprint density at radius 2 is 1.56 bits per heavy atom. The van der Waals surface area contributed by atoms with Crippen LogP contribution in [0.1, 0.15) is 22.3 Å². The Morgan fingerprint density at radius 1 is 0.878 bits per heavy atom. The second kappa shape index (κ2) is 12.5. The average molecular weight is 646 g/mol. The van der Waals surface area contributed by atoms with Gasteiger partial charge in [-0.2, -0.15) is 0 Å². The minimum atomic E-state index is -0.342. The molecule has 0 saturated carbocycles. The summed E-state index contributed by atoms with van der Waals surface area (Å²) < 4.78 is 19.4. The average Bonchev–Trinajstić information content (AvgIpc) is 3.22. The van der Waals surface area contributed by atoms with Crippen molar-refractivity contribution in [3.8, 4) is 5.75 Å². The Labute approximate surface area is 261 Å². The molecular formula is C31H21Cl4FN2O2S. The Morgan fingerprint density at radius 3 is 2.24 bits per heavy atom. The molecule has 4 nitrogen and oxygen atoms in total. The first-order valence-corrected chi connectivity index (χ1v) is 14.6. The molecule has 1 heterocycles. The summed E-state index contributed by atoms with van der Waals surface area (Å²) in [5.41, 5.74) is 4.20. The molecule has 5 rings (SSSR count). The molecule has 1 amide bonds. The highest BCUT2D eigenvalue weighted by Crippen LogP contribution is 2.41. The maximum atomic E-state index is 13.9. The fourth-order valence-electron chi connectivity index (χ4n) is 3.98. The number of anilines is 1. The minimum Gasteiger partial charge on any atom is -0.487 e. The van der Waals surface area contributed by atoms with Crippen LogP contribution in [-0.4, -0.2) is 11.1 Å². The van der Waals surface area contributed by atoms with E-state index in [1.54, 1.807) is 42.5 Å². The number of thioether (sulfide) groups is 1. The van der Waals surface area contributed by atoms with Gasteiger partial charge in [-0.3, -0.25) is 9.69 Å². The van der Waals surface area contributed by atoms with Crippen molar-refractivity contribution in [1.29, 1.82) is 0 Å². The Bertz CT molecular complexity index is 1720. The van der Waals surface area contributed by atoms with Gasteiger partial charge in [-0.15, -0.1) is 0 Å². The molecule has 1 aliphatic rings. The number of halogens is 5. The second-order valence-electron chi connectivity index (χ2n) is 9.23. The van der Waals surface area contributed by atoms with Crippen molar-refractivity contribution in [2.75, 3.05) is 4.90 Å². The van der Waals surface area contributed by atoms with E-state index in [2.05, 4.69) is 0 Å². The molecule has 0 N–H and O–H groups in total. The summed E-state index contributed by atoms with van der Waals surface area (Å²) in [5, 5.41) is 2.15. The summed E-state index contributed by atoms with van der Waals surface area (Å²) in [4.78, 5) is 20.5. The maximum Gasteiger partial charge on any atom is 0.271 e. The van der Waals surface area contributed by atoms with E-state index in [-0.39, 0.29) is 23.4 Å². The summed E-state index contributed by atoms with van der Waals surface area (Å²) in [6.45, 7) is 3.92. The van der Waals surface area contributed by atoms with E-state index in [9.17, 15) is 9.18 Å². The fraction of sp³-hybridized carbons (Fsp3) is 0.0968. The first kappa shape index (κ1) is 29.5. The van der Waals surface area contributed by atoms with Gasteiger partial charge in [0.15, 0.2) is 5.17 Å². The van der Waals surface area contributed by atoms with Crippen molar-refractivity contribution in [3.63, 3.8) is 0 Å². The van der Waals surface area contributed by atoms with Crippen molar-refractivity contribution in [2.45, 2.75) is 20.5 Å². The van der Waals surface area contributed by atoms with Gasteiger partial charge >= 0.3 is 0 Å². The number of ether oxygens (including phenoxy) is 1. The maximum absolute atomic E-state index is 13.9. The highest BCUT2D eigenvalue weighted by Gasteiger charge is 2.35. The number of hydrogen-bond donors (Lipinski definition) is 0. The molecule has 0 aliphatic carbocycles. The number of aryl methyl sites for hydroxylation is 2. The number of amidine groups is 1. The van der Waals surface area contributed by atoms with E-state index < -0.39 is 0 Å². The standard InChI is InChI=1S/C31H21Cl4FN2O2S/c1-17-3-9-23(14-25(17)33)37-31-38(24-10-4-18(2)26(34)15-24)30(39)28(41-31)12-20-11-21(32)13-27(35)29(20)40-16-19-5-7-22(36)8-6-19/h3-15H,16H2,1-2H3/b28-12+,37-31?. The smallest absolute Gasteiger partial charge is 0.271 e. The summed E-state index contributed by atoms with van der Waals surface area (Å²) >= 11 is 26.8. The third-order valence-corrected chi connectivity index (χ3v) is 8.50. The van der Waals surface area contributed by atoms with E-state index >= 15 is 0 Å². The summed E-state index contributed by atoms with van der Waals surface area (Å²) in [5.74, 6) is -0.320. The number of nitrogens with zero attached hydrogens (tertiary/aromatic N) is 2. The van der Waals surface area contributed by atoms with Crippen LogP contribution in [0.2, 0.25) is 20.1 Å². The SMILES string of the molecule is Cc1ccc(N=C2S/C(=C/c3cc(Cl)cc(Cl)c3OCc3ccc(F)cc3)C(=O)N2c2ccc(C)c(Cl)c2)cc1Cl. The molecule has 0 unspecified atom stereocenters. The van der Waals surface area contributed by atoms with Crippen molar-refractivity contribution in [1.82, 2.24) is 0 Å². The van der Waals surface area contributed by atoms with Crippen LogP contribution in [-0.2, 0) is 11.4 Å². The summed E-state index contributed by atoms with van der Waals surface area (Å²) in [6.07, 6.45) is 1.66. The van der Waals surface area contributed by atoms with Gasteiger partial charge in [0.05, 0.1) is 21.3 Å². The van der Waals surface area contributed by atoms with E-state index in [4.69, 9.17) is 56.1 Å². The lowest BCUT2D eigenvalue weighted by molar-refractivity contribution is -0.113. The normalized spacial score (nSPS) is 15.3. The predicted molar refractivity (Wildman–Crippen MR) is 170 cm³/mol. The number of rotatable bonds is 6. The number of benzene rings is 4. The first-order valence-electron chi connectivity index (χ1n) is 12.3. The number of hydrogen-bond acceptors (Lipinski definition) is 4. The molecule has 10 heteroatoms. The number of amides is 1. The zero-order valence-corrected chi connectivity index (χ0v) is 25.6. The van der Waals surface area contributed by atoms with Crippen molar-refractivity contribution < 1.29 is 13.9 Å². The van der Waals surface area contributed by atoms with Crippen LogP contribution in [0.4, 0.5) is 15.8 Å². The van der Waals surface area contributed by atoms with Gasteiger partial charge < -0.3 is 4.74 Å². The fourth-order valence-corrected chi connectivity index (χ4v) is 5.88. The molecule has 0 bridgehead atoms. The van der Waals surface area contributed by atoms with Crippen molar-refractivity contribution >= 4 is 86.7 Å². The number of aliphatic imine (C=N–C) groups is 1. The lowest BCUT2D eigenvalue weighted by Crippen LogP contribution is -2.28. The summed E-state index contributed by atoms with van der Waals surface area (Å²) in [7, 11) is 0. The van der Waals surface area contributed by atoms with Crippen LogP contribution < -0.4 is 9.64 Å². The Kier molecular flexibility index (Phi) is 8.97. The monoisotopic (exact) mass is 644 g/mol. The van der Waals surface area contributed by atoms with E-state index in [0.717, 1.165) is 16.7 Å². The predicted octanol–water partition coefficient (Wildman–Crippen LogP) is 10.4. The molecular weight excluding hydrogens is 625 g/mol. The lowest BCUT2D eigenvalue weighted by Gasteiger charge is -2.17.